The second-order valence-corrected chi connectivity index (χ2v) is 38.5. The van der Waals surface area contributed by atoms with Crippen molar-refractivity contribution >= 4 is 165 Å². The molecule has 0 aliphatic carbocycles. The molecule has 718 valence electrons. The molecule has 0 fully saturated rings. The second kappa shape index (κ2) is 62.3. The smallest absolute Gasteiger partial charge is 0.435 e. The number of nitrogens with zero attached hydrogens (tertiary/aromatic N) is 2. The molecule has 0 radical (unpaired) electrons. The molecule has 0 bridgehead atoms. The SMILES string of the molecule is Br.BrCc1ccccc1CBr.BrCc1ccccc1C[P+](c1ccccc1)(c1ccccc1)c1ccccc1.C=Cc1ccccc1CBr.C=Cc1ccccc1COc1ccccc1/C=N\O.C=Cc1ccccc1COc1ccccc1C=O.C=Cc1ccccc1COc1ccccc1CCC(=NC(=O)OC(C)(C)C)NC(=O)OC(C)(C)C.C=Cc1ccccc1COc1ccccc1CN. The van der Waals surface area contributed by atoms with Gasteiger partial charge in [-0.2, -0.15) is 4.99 Å². The fraction of sp³-hybridized carbons (Fsp3) is 0.168. The third-order valence-electron chi connectivity index (χ3n) is 20.9. The zero-order valence-electron chi connectivity index (χ0n) is 79.6. The normalized spacial score (nSPS) is 10.7. The van der Waals surface area contributed by atoms with Crippen molar-refractivity contribution in [2.24, 2.45) is 15.9 Å². The number of aldehydes is 1. The van der Waals surface area contributed by atoms with Gasteiger partial charge in [0.25, 0.3) is 0 Å². The number of hydrogen-bond donors (Lipinski definition) is 3. The molecule has 14 rings (SSSR count). The first kappa shape index (κ1) is 113. The first-order chi connectivity index (χ1) is 67.0. The highest BCUT2D eigenvalue weighted by molar-refractivity contribution is 9.09. The Morgan fingerprint density at radius 1 is 0.353 bits per heavy atom. The van der Waals surface area contributed by atoms with E-state index in [0.29, 0.717) is 62.2 Å². The number of rotatable bonds is 32. The van der Waals surface area contributed by atoms with Gasteiger partial charge in [-0.15, -0.1) is 17.0 Å². The zero-order chi connectivity index (χ0) is 99.2. The van der Waals surface area contributed by atoms with Crippen molar-refractivity contribution in [1.29, 1.82) is 0 Å². The van der Waals surface area contributed by atoms with Crippen LogP contribution in [0.15, 0.2) is 401 Å². The molecule has 2 amide bonds. The van der Waals surface area contributed by atoms with Gasteiger partial charge in [-0.25, -0.2) is 9.59 Å². The Balaban J connectivity index is 0.000000229. The van der Waals surface area contributed by atoms with Crippen molar-refractivity contribution in [1.82, 2.24) is 5.32 Å². The number of aryl methyl sites for hydroxylation is 1. The third kappa shape index (κ3) is 38.2. The highest BCUT2D eigenvalue weighted by Gasteiger charge is 2.46. The quantitative estimate of drug-likeness (QED) is 0.00692. The van der Waals surface area contributed by atoms with E-state index in [1.54, 1.807) is 71.9 Å². The summed E-state index contributed by atoms with van der Waals surface area (Å²) in [7, 11) is -1.84. The highest BCUT2D eigenvalue weighted by Crippen LogP contribution is 2.58. The van der Waals surface area contributed by atoms with Gasteiger partial charge in [0.2, 0.25) is 0 Å². The van der Waals surface area contributed by atoms with Gasteiger partial charge in [-0.05, 0) is 204 Å². The number of nitrogens with one attached hydrogen (secondary N) is 1. The first-order valence-corrected chi connectivity index (χ1v) is 51.4. The Morgan fingerprint density at radius 2 is 0.626 bits per heavy atom. The van der Waals surface area contributed by atoms with Gasteiger partial charge in [-0.3, -0.25) is 10.1 Å². The minimum atomic E-state index is -1.84. The van der Waals surface area contributed by atoms with Crippen molar-refractivity contribution < 1.29 is 48.0 Å². The Hall–Kier alpha value is -12.7. The van der Waals surface area contributed by atoms with Crippen molar-refractivity contribution in [3.05, 3.63) is 491 Å². The van der Waals surface area contributed by atoms with Crippen LogP contribution in [-0.4, -0.2) is 46.9 Å². The Morgan fingerprint density at radius 3 is 0.964 bits per heavy atom. The lowest BCUT2D eigenvalue weighted by Crippen LogP contribution is -2.37. The molecule has 0 atom stereocenters. The van der Waals surface area contributed by atoms with Gasteiger partial charge >= 0.3 is 12.2 Å². The average Bonchev–Trinajstić information content (AvgIpc) is 0.747. The Kier molecular flexibility index (Phi) is 50.8. The van der Waals surface area contributed by atoms with Crippen LogP contribution in [0.25, 0.3) is 30.4 Å². The number of halogens is 5. The Bertz CT molecular complexity index is 6050. The fourth-order valence-electron chi connectivity index (χ4n) is 14.0. The van der Waals surface area contributed by atoms with Crippen LogP contribution in [0.1, 0.15) is 153 Å². The Labute approximate surface area is 866 Å². The lowest BCUT2D eigenvalue weighted by Gasteiger charge is -2.28. The van der Waals surface area contributed by atoms with E-state index in [1.165, 1.54) is 55.5 Å². The van der Waals surface area contributed by atoms with Crippen LogP contribution < -0.4 is 45.9 Å². The van der Waals surface area contributed by atoms with E-state index in [1.807, 2.05) is 206 Å². The number of amidine groups is 1. The zero-order valence-corrected chi connectivity index (χ0v) is 88.5. The van der Waals surface area contributed by atoms with Crippen LogP contribution in [0.2, 0.25) is 0 Å². The number of alkyl carbamates (subject to hydrolysis) is 1. The van der Waals surface area contributed by atoms with Gasteiger partial charge in [0, 0.05) is 45.4 Å². The number of nitrogens with two attached hydrogens (primary N) is 1. The molecule has 139 heavy (non-hydrogen) atoms. The number of amides is 2. The summed E-state index contributed by atoms with van der Waals surface area (Å²) in [6.07, 6.45) is 11.6. The molecule has 0 aliphatic heterocycles. The van der Waals surface area contributed by atoms with Crippen LogP contribution in [0.4, 0.5) is 9.59 Å². The van der Waals surface area contributed by atoms with Gasteiger partial charge in [0.15, 0.2) is 6.29 Å². The van der Waals surface area contributed by atoms with E-state index in [9.17, 15) is 14.4 Å². The first-order valence-electron chi connectivity index (χ1n) is 44.9. The molecular weight excluding hydrogens is 2080 g/mol. The summed E-state index contributed by atoms with van der Waals surface area (Å²) in [6.45, 7) is 31.7. The molecule has 14 aromatic rings. The van der Waals surface area contributed by atoms with Gasteiger partial charge in [0.1, 0.15) is 89.6 Å². The number of hydrogen-bond acceptors (Lipinski definition) is 12. The molecule has 0 saturated carbocycles. The lowest BCUT2D eigenvalue weighted by atomic mass is 10.1. The van der Waals surface area contributed by atoms with Crippen LogP contribution in [0.5, 0.6) is 23.0 Å². The summed E-state index contributed by atoms with van der Waals surface area (Å²) in [4.78, 5) is 39.5. The number of oxime groups is 1. The molecule has 20 heteroatoms. The number of ether oxygens (including phenoxy) is 6. The van der Waals surface area contributed by atoms with Crippen LogP contribution in [-0.2, 0) is 76.3 Å². The maximum atomic E-state index is 12.3. The van der Waals surface area contributed by atoms with E-state index in [4.69, 9.17) is 39.4 Å². The minimum Gasteiger partial charge on any atom is -0.489 e. The maximum Gasteiger partial charge on any atom is 0.435 e. The molecule has 14 aromatic carbocycles. The summed E-state index contributed by atoms with van der Waals surface area (Å²) in [6, 6.07) is 120. The van der Waals surface area contributed by atoms with E-state index >= 15 is 0 Å². The van der Waals surface area contributed by atoms with Crippen molar-refractivity contribution in [3.8, 4) is 23.0 Å². The summed E-state index contributed by atoms with van der Waals surface area (Å²) < 4.78 is 34.0. The molecule has 14 nitrogen and oxygen atoms in total. The summed E-state index contributed by atoms with van der Waals surface area (Å²) in [5, 5.41) is 22.2. The average molecular weight is 2200 g/mol. The molecule has 0 aromatic heterocycles. The number of para-hydroxylation sites is 4. The van der Waals surface area contributed by atoms with Crippen LogP contribution >= 0.6 is 88.0 Å². The third-order valence-corrected chi connectivity index (χ3v) is 27.7. The summed E-state index contributed by atoms with van der Waals surface area (Å²) in [5.74, 6) is 2.99. The van der Waals surface area contributed by atoms with E-state index in [0.717, 1.165) is 101 Å². The van der Waals surface area contributed by atoms with Gasteiger partial charge in [0.05, 0.1) is 17.9 Å². The molecule has 0 aliphatic rings. The van der Waals surface area contributed by atoms with E-state index in [-0.39, 0.29) is 29.2 Å². The van der Waals surface area contributed by atoms with E-state index in [2.05, 4.69) is 264 Å². The number of benzene rings is 14. The van der Waals surface area contributed by atoms with Gasteiger partial charge in [-0.1, -0.05) is 417 Å². The van der Waals surface area contributed by atoms with Crippen molar-refractivity contribution in [2.75, 3.05) is 0 Å². The van der Waals surface area contributed by atoms with Crippen molar-refractivity contribution in [2.45, 2.75) is 126 Å². The molecule has 0 unspecified atom stereocenters. The number of alkyl halides is 4. The predicted octanol–water partition coefficient (Wildman–Crippen LogP) is 30.9. The van der Waals surface area contributed by atoms with Crippen LogP contribution in [0, 0.1) is 0 Å². The fourth-order valence-corrected chi connectivity index (χ4v) is 20.4. The highest BCUT2D eigenvalue weighted by atomic mass is 79.9. The standard InChI is InChI=1S/C28H36N2O5.C26H23BrP.C16H15NO2.C16H17NO.C16H14O2.C9H9Br.C8H8Br2.BrH/c1-8-20-13-9-10-15-22(20)19-33-23-16-12-11-14-21(23)17-18-24(29-25(31)34-27(2,3)4)30-26(32)35-28(5,6)7;27-20-22-12-10-11-13-23(22)21-28(24-14-4-1-5-15-24,25-16-6-2-7-17-25)26-18-8-3-9-19-26;1-2-13-7-3-4-9-15(13)12-19-16-10-6-5-8-14(16)11-17-18;2*1-2-13-7-3-4-9-15(13)12-18-16-10-6-5-8-14(16)11-17;1-2-8-5-3-4-6-9(8)7-10;9-5-7-3-1-2-4-8(7)6-10;/h8-16H,1,17-19H2,2-7H3,(H,29,30,31,32);1-19H,20-21H2;2-11,18H,1,12H2;2-10H,1,11-12,17H2;2-11H,1,12H2;2-6H,1,7H2;1-4H,5-6H2;1H/q;+1;;;;;;/b;;17-11-;;;;;. The summed E-state index contributed by atoms with van der Waals surface area (Å²) in [5.41, 5.74) is 24.0. The van der Waals surface area contributed by atoms with Crippen LogP contribution in [0.3, 0.4) is 0 Å². The molecule has 0 saturated heterocycles. The predicted molar refractivity (Wildman–Crippen MR) is 602 cm³/mol. The van der Waals surface area contributed by atoms with E-state index < -0.39 is 30.7 Å². The topological polar surface area (TPSA) is 190 Å². The summed E-state index contributed by atoms with van der Waals surface area (Å²) >= 11 is 14.0. The second-order valence-electron chi connectivity index (χ2n) is 32.7. The molecule has 0 heterocycles. The molecule has 4 N–H and O–H groups in total. The number of carbonyl (C=O) groups is 3. The van der Waals surface area contributed by atoms with Gasteiger partial charge < -0.3 is 39.4 Å². The number of aliphatic imine (C=N–C) groups is 1. The molecular formula is C119H123Br5N4O10P+. The molecule has 0 spiro atoms. The van der Waals surface area contributed by atoms with Crippen molar-refractivity contribution in [3.63, 3.8) is 0 Å². The maximum absolute atomic E-state index is 12.3. The monoisotopic (exact) mass is 2190 g/mol. The number of carbonyl (C=O) groups excluding carboxylic acids is 3. The minimum absolute atomic E-state index is 0. The lowest BCUT2D eigenvalue weighted by molar-refractivity contribution is 0.0561. The largest absolute Gasteiger partial charge is 0.489 e.